The molecule has 182 valence electrons. The van der Waals surface area contributed by atoms with Crippen molar-refractivity contribution in [2.75, 3.05) is 27.9 Å². The summed E-state index contributed by atoms with van der Waals surface area (Å²) in [5, 5.41) is 0. The van der Waals surface area contributed by atoms with Gasteiger partial charge in [0, 0.05) is 19.0 Å². The summed E-state index contributed by atoms with van der Waals surface area (Å²) >= 11 is 0. The van der Waals surface area contributed by atoms with E-state index in [9.17, 15) is 9.59 Å². The molecule has 7 heteroatoms. The average Bonchev–Trinajstić information content (AvgIpc) is 2.90. The van der Waals surface area contributed by atoms with Gasteiger partial charge in [-0.25, -0.2) is 0 Å². The zero-order valence-electron chi connectivity index (χ0n) is 20.3. The number of esters is 1. The molecule has 0 bridgehead atoms. The Kier molecular flexibility index (Phi) is 7.25. The van der Waals surface area contributed by atoms with Crippen LogP contribution < -0.4 is 14.2 Å². The van der Waals surface area contributed by atoms with Crippen molar-refractivity contribution < 1.29 is 28.5 Å². The van der Waals surface area contributed by atoms with Crippen LogP contribution in [0, 0.1) is 0 Å². The van der Waals surface area contributed by atoms with Gasteiger partial charge in [-0.2, -0.15) is 0 Å². The molecular formula is C28H29NO6. The molecule has 1 heterocycles. The third kappa shape index (κ3) is 4.94. The van der Waals surface area contributed by atoms with Crippen molar-refractivity contribution in [2.45, 2.75) is 25.5 Å². The third-order valence-corrected chi connectivity index (χ3v) is 6.20. The summed E-state index contributed by atoms with van der Waals surface area (Å²) in [6.07, 6.45) is -0.425. The van der Waals surface area contributed by atoms with E-state index >= 15 is 0 Å². The highest BCUT2D eigenvalue weighted by molar-refractivity contribution is 5.86. The predicted molar refractivity (Wildman–Crippen MR) is 131 cm³/mol. The van der Waals surface area contributed by atoms with Gasteiger partial charge >= 0.3 is 5.97 Å². The molecule has 0 fully saturated rings. The minimum absolute atomic E-state index is 0.285. The number of ether oxygens (including phenoxy) is 4. The normalized spacial score (nSPS) is 15.5. The molecule has 3 aromatic rings. The van der Waals surface area contributed by atoms with E-state index in [1.807, 2.05) is 54.6 Å². The molecule has 0 unspecified atom stereocenters. The number of rotatable bonds is 7. The summed E-state index contributed by atoms with van der Waals surface area (Å²) in [4.78, 5) is 27.7. The largest absolute Gasteiger partial charge is 0.497 e. The van der Waals surface area contributed by atoms with E-state index in [2.05, 4.69) is 0 Å². The Labute approximate surface area is 205 Å². The topological polar surface area (TPSA) is 74.3 Å². The highest BCUT2D eigenvalue weighted by atomic mass is 16.5. The SMILES string of the molecule is COc1ccc([C@@H]2c3cc(OC)c(OC)cc3CCN2C(=O)[C@H](OC(C)=O)c2ccccc2)cc1. The summed E-state index contributed by atoms with van der Waals surface area (Å²) in [5.41, 5.74) is 3.53. The number of carbonyl (C=O) groups is 2. The van der Waals surface area contributed by atoms with Crippen LogP contribution in [0.15, 0.2) is 66.7 Å². The number of nitrogens with zero attached hydrogens (tertiary/aromatic N) is 1. The molecule has 1 aliphatic rings. The van der Waals surface area contributed by atoms with Crippen LogP contribution >= 0.6 is 0 Å². The fourth-order valence-corrected chi connectivity index (χ4v) is 4.53. The van der Waals surface area contributed by atoms with Gasteiger partial charge in [0.15, 0.2) is 11.5 Å². The first-order valence-electron chi connectivity index (χ1n) is 11.4. The fourth-order valence-electron chi connectivity index (χ4n) is 4.53. The van der Waals surface area contributed by atoms with E-state index in [-0.39, 0.29) is 5.91 Å². The summed E-state index contributed by atoms with van der Waals surface area (Å²) in [6.45, 7) is 1.76. The van der Waals surface area contributed by atoms with Gasteiger partial charge in [-0.3, -0.25) is 9.59 Å². The highest BCUT2D eigenvalue weighted by Crippen LogP contribution is 2.42. The van der Waals surface area contributed by atoms with Crippen LogP contribution in [0.2, 0.25) is 0 Å². The van der Waals surface area contributed by atoms with E-state index < -0.39 is 18.1 Å². The van der Waals surface area contributed by atoms with E-state index in [0.29, 0.717) is 30.0 Å². The first kappa shape index (κ1) is 24.1. The number of hydrogen-bond acceptors (Lipinski definition) is 6. The molecule has 7 nitrogen and oxygen atoms in total. The van der Waals surface area contributed by atoms with Crippen molar-refractivity contribution in [3.05, 3.63) is 89.0 Å². The van der Waals surface area contributed by atoms with Crippen LogP contribution in [-0.2, 0) is 20.7 Å². The molecule has 35 heavy (non-hydrogen) atoms. The Morgan fingerprint density at radius 2 is 1.54 bits per heavy atom. The van der Waals surface area contributed by atoms with Crippen LogP contribution in [0.4, 0.5) is 0 Å². The molecule has 0 saturated heterocycles. The number of benzene rings is 3. The maximum absolute atomic E-state index is 14.0. The Morgan fingerprint density at radius 1 is 0.886 bits per heavy atom. The van der Waals surface area contributed by atoms with Crippen molar-refractivity contribution in [1.29, 1.82) is 0 Å². The summed E-state index contributed by atoms with van der Waals surface area (Å²) in [5.74, 6) is 1.14. The smallest absolute Gasteiger partial charge is 0.303 e. The number of hydrogen-bond donors (Lipinski definition) is 0. The first-order valence-corrected chi connectivity index (χ1v) is 11.4. The molecule has 4 rings (SSSR count). The van der Waals surface area contributed by atoms with Crippen molar-refractivity contribution in [1.82, 2.24) is 4.90 Å². The molecule has 1 amide bonds. The standard InChI is InChI=1S/C28H29NO6/c1-18(30)35-27(20-8-6-5-7-9-20)28(31)29-15-14-21-16-24(33-3)25(34-4)17-23(21)26(29)19-10-12-22(32-2)13-11-19/h5-13,16-17,26-27H,14-15H2,1-4H3/t26-,27-/m1/s1. The monoisotopic (exact) mass is 475 g/mol. The lowest BCUT2D eigenvalue weighted by molar-refractivity contribution is -0.160. The lowest BCUT2D eigenvalue weighted by Crippen LogP contribution is -2.43. The molecule has 0 radical (unpaired) electrons. The van der Waals surface area contributed by atoms with Gasteiger partial charge in [0.1, 0.15) is 5.75 Å². The van der Waals surface area contributed by atoms with Gasteiger partial charge in [-0.1, -0.05) is 42.5 Å². The molecule has 0 spiro atoms. The van der Waals surface area contributed by atoms with Gasteiger partial charge in [0.05, 0.1) is 27.4 Å². The van der Waals surface area contributed by atoms with Gasteiger partial charge in [0.25, 0.3) is 5.91 Å². The summed E-state index contributed by atoms with van der Waals surface area (Å²) in [7, 11) is 4.80. The minimum Gasteiger partial charge on any atom is -0.497 e. The van der Waals surface area contributed by atoms with E-state index in [0.717, 1.165) is 22.4 Å². The van der Waals surface area contributed by atoms with Gasteiger partial charge in [0.2, 0.25) is 6.10 Å². The Balaban J connectivity index is 1.83. The molecule has 0 aliphatic carbocycles. The van der Waals surface area contributed by atoms with Crippen molar-refractivity contribution in [3.8, 4) is 17.2 Å². The zero-order valence-corrected chi connectivity index (χ0v) is 20.3. The molecule has 2 atom stereocenters. The average molecular weight is 476 g/mol. The van der Waals surface area contributed by atoms with Gasteiger partial charge in [-0.15, -0.1) is 0 Å². The third-order valence-electron chi connectivity index (χ3n) is 6.20. The zero-order chi connectivity index (χ0) is 24.9. The summed E-state index contributed by atoms with van der Waals surface area (Å²) in [6, 6.07) is 20.2. The Bertz CT molecular complexity index is 1190. The number of fused-ring (bicyclic) bond motifs is 1. The van der Waals surface area contributed by atoms with Crippen LogP contribution in [0.25, 0.3) is 0 Å². The van der Waals surface area contributed by atoms with Crippen molar-refractivity contribution in [2.24, 2.45) is 0 Å². The Morgan fingerprint density at radius 3 is 2.14 bits per heavy atom. The van der Waals surface area contributed by atoms with Crippen LogP contribution in [-0.4, -0.2) is 44.7 Å². The lowest BCUT2D eigenvalue weighted by atomic mass is 9.87. The molecular weight excluding hydrogens is 446 g/mol. The maximum atomic E-state index is 14.0. The second-order valence-corrected chi connectivity index (χ2v) is 8.26. The predicted octanol–water partition coefficient (Wildman–Crippen LogP) is 4.49. The van der Waals surface area contributed by atoms with Crippen LogP contribution in [0.3, 0.4) is 0 Å². The number of amides is 1. The van der Waals surface area contributed by atoms with Gasteiger partial charge in [-0.05, 0) is 47.4 Å². The van der Waals surface area contributed by atoms with Crippen LogP contribution in [0.5, 0.6) is 17.2 Å². The van der Waals surface area contributed by atoms with E-state index in [1.54, 1.807) is 38.4 Å². The highest BCUT2D eigenvalue weighted by Gasteiger charge is 2.38. The Hall–Kier alpha value is -4.00. The van der Waals surface area contributed by atoms with E-state index in [4.69, 9.17) is 18.9 Å². The maximum Gasteiger partial charge on any atom is 0.303 e. The second-order valence-electron chi connectivity index (χ2n) is 8.26. The second kappa shape index (κ2) is 10.5. The van der Waals surface area contributed by atoms with Crippen molar-refractivity contribution in [3.63, 3.8) is 0 Å². The molecule has 1 aliphatic heterocycles. The molecule has 0 saturated carbocycles. The molecule has 0 aromatic heterocycles. The first-order chi connectivity index (χ1) is 17.0. The van der Waals surface area contributed by atoms with Crippen molar-refractivity contribution >= 4 is 11.9 Å². The summed E-state index contributed by atoms with van der Waals surface area (Å²) < 4.78 is 22.0. The number of methoxy groups -OCH3 is 3. The number of carbonyl (C=O) groups excluding carboxylic acids is 2. The van der Waals surface area contributed by atoms with Gasteiger partial charge < -0.3 is 23.8 Å². The lowest BCUT2D eigenvalue weighted by Gasteiger charge is -2.39. The van der Waals surface area contributed by atoms with Crippen LogP contribution in [0.1, 0.15) is 41.3 Å². The fraction of sp³-hybridized carbons (Fsp3) is 0.286. The van der Waals surface area contributed by atoms with E-state index in [1.165, 1.54) is 6.92 Å². The minimum atomic E-state index is -1.05. The molecule has 0 N–H and O–H groups in total. The quantitative estimate of drug-likeness (QED) is 0.469. The molecule has 3 aromatic carbocycles.